The van der Waals surface area contributed by atoms with Gasteiger partial charge in [-0.3, -0.25) is 4.79 Å². The highest BCUT2D eigenvalue weighted by molar-refractivity contribution is 5.81. The van der Waals surface area contributed by atoms with Gasteiger partial charge >= 0.3 is 0 Å². The van der Waals surface area contributed by atoms with Gasteiger partial charge in [-0.1, -0.05) is 13.3 Å². The molecule has 1 saturated heterocycles. The summed E-state index contributed by atoms with van der Waals surface area (Å²) in [6.07, 6.45) is 2.33. The fourth-order valence-corrected chi connectivity index (χ4v) is 1.93. The Hall–Kier alpha value is -0.650. The summed E-state index contributed by atoms with van der Waals surface area (Å²) >= 11 is 0. The van der Waals surface area contributed by atoms with E-state index in [2.05, 4.69) is 29.5 Å². The number of unbranched alkanes of at least 4 members (excludes halogenated alkanes) is 1. The number of amides is 1. The van der Waals surface area contributed by atoms with Gasteiger partial charge in [-0.25, -0.2) is 0 Å². The van der Waals surface area contributed by atoms with E-state index < -0.39 is 0 Å². The second-order valence-electron chi connectivity index (χ2n) is 5.03. The molecule has 2 atom stereocenters. The molecule has 106 valence electrons. The number of carbonyl (C=O) groups excluding carboxylic acids is 1. The van der Waals surface area contributed by atoms with Gasteiger partial charge in [-0.05, 0) is 20.4 Å². The van der Waals surface area contributed by atoms with E-state index in [9.17, 15) is 4.79 Å². The molecule has 2 unspecified atom stereocenters. The van der Waals surface area contributed by atoms with Gasteiger partial charge < -0.3 is 20.3 Å². The van der Waals surface area contributed by atoms with Gasteiger partial charge in [0.05, 0.1) is 18.8 Å². The summed E-state index contributed by atoms with van der Waals surface area (Å²) < 4.78 is 5.64. The van der Waals surface area contributed by atoms with Gasteiger partial charge in [0.15, 0.2) is 0 Å². The van der Waals surface area contributed by atoms with Gasteiger partial charge in [0.2, 0.25) is 5.91 Å². The fourth-order valence-electron chi connectivity index (χ4n) is 1.93. The third kappa shape index (κ3) is 5.80. The Morgan fingerprint density at radius 2 is 2.33 bits per heavy atom. The molecule has 0 bridgehead atoms. The monoisotopic (exact) mass is 257 g/mol. The zero-order chi connectivity index (χ0) is 13.4. The van der Waals surface area contributed by atoms with Crippen LogP contribution in [-0.2, 0) is 9.53 Å². The molecule has 0 aliphatic carbocycles. The van der Waals surface area contributed by atoms with Crippen LogP contribution in [0.4, 0.5) is 0 Å². The van der Waals surface area contributed by atoms with Crippen molar-refractivity contribution in [2.45, 2.75) is 38.8 Å². The largest absolute Gasteiger partial charge is 0.374 e. The summed E-state index contributed by atoms with van der Waals surface area (Å²) in [6.45, 7) is 8.20. The maximum atomic E-state index is 11.7. The third-order valence-electron chi connectivity index (χ3n) is 3.22. The molecule has 1 aliphatic heterocycles. The standard InChI is InChI=1S/C13H27N3O2/c1-4-5-6-14-13(17)11(2)15-9-12-10-16(3)7-8-18-12/h11-12,15H,4-10H2,1-3H3,(H,14,17). The van der Waals surface area contributed by atoms with Crippen LogP contribution in [0.25, 0.3) is 0 Å². The minimum Gasteiger partial charge on any atom is -0.374 e. The molecule has 1 fully saturated rings. The molecule has 18 heavy (non-hydrogen) atoms. The predicted molar refractivity (Wildman–Crippen MR) is 72.6 cm³/mol. The van der Waals surface area contributed by atoms with Crippen LogP contribution in [-0.4, -0.2) is 62.8 Å². The first-order valence-electron chi connectivity index (χ1n) is 6.94. The number of rotatable bonds is 7. The van der Waals surface area contributed by atoms with Crippen molar-refractivity contribution >= 4 is 5.91 Å². The second-order valence-corrected chi connectivity index (χ2v) is 5.03. The molecule has 1 heterocycles. The average Bonchev–Trinajstić information content (AvgIpc) is 2.36. The average molecular weight is 257 g/mol. The summed E-state index contributed by atoms with van der Waals surface area (Å²) in [4.78, 5) is 14.0. The Balaban J connectivity index is 2.15. The van der Waals surface area contributed by atoms with Crippen molar-refractivity contribution < 1.29 is 9.53 Å². The molecule has 0 aromatic carbocycles. The van der Waals surface area contributed by atoms with Crippen molar-refractivity contribution in [2.24, 2.45) is 0 Å². The van der Waals surface area contributed by atoms with Gasteiger partial charge in [0.1, 0.15) is 0 Å². The number of hydrogen-bond donors (Lipinski definition) is 2. The highest BCUT2D eigenvalue weighted by Gasteiger charge is 2.19. The Morgan fingerprint density at radius 1 is 1.56 bits per heavy atom. The number of carbonyl (C=O) groups is 1. The second kappa shape index (κ2) is 8.45. The minimum absolute atomic E-state index is 0.0765. The molecule has 1 aliphatic rings. The topological polar surface area (TPSA) is 53.6 Å². The summed E-state index contributed by atoms with van der Waals surface area (Å²) in [7, 11) is 2.09. The van der Waals surface area contributed by atoms with Gasteiger partial charge in [0.25, 0.3) is 0 Å². The van der Waals surface area contributed by atoms with E-state index in [1.54, 1.807) is 0 Å². The minimum atomic E-state index is -0.155. The lowest BCUT2D eigenvalue weighted by atomic mass is 10.2. The summed E-state index contributed by atoms with van der Waals surface area (Å²) in [5.41, 5.74) is 0. The molecule has 5 nitrogen and oxygen atoms in total. The highest BCUT2D eigenvalue weighted by Crippen LogP contribution is 2.01. The van der Waals surface area contributed by atoms with E-state index >= 15 is 0 Å². The first kappa shape index (κ1) is 15.4. The van der Waals surface area contributed by atoms with Crippen LogP contribution >= 0.6 is 0 Å². The number of likely N-dealkylation sites (N-methyl/N-ethyl adjacent to an activating group) is 1. The van der Waals surface area contributed by atoms with Crippen LogP contribution in [0.5, 0.6) is 0 Å². The van der Waals surface area contributed by atoms with E-state index in [0.29, 0.717) is 0 Å². The Kier molecular flexibility index (Phi) is 7.23. The van der Waals surface area contributed by atoms with Crippen LogP contribution in [0.1, 0.15) is 26.7 Å². The van der Waals surface area contributed by atoms with Crippen molar-refractivity contribution in [2.75, 3.05) is 39.8 Å². The number of nitrogens with zero attached hydrogens (tertiary/aromatic N) is 1. The van der Waals surface area contributed by atoms with Gasteiger partial charge in [0, 0.05) is 26.2 Å². The smallest absolute Gasteiger partial charge is 0.236 e. The molecule has 0 saturated carbocycles. The van der Waals surface area contributed by atoms with Crippen molar-refractivity contribution in [3.8, 4) is 0 Å². The third-order valence-corrected chi connectivity index (χ3v) is 3.22. The van der Waals surface area contributed by atoms with Gasteiger partial charge in [-0.2, -0.15) is 0 Å². The van der Waals surface area contributed by atoms with Crippen LogP contribution in [0.3, 0.4) is 0 Å². The van der Waals surface area contributed by atoms with Crippen molar-refractivity contribution in [1.82, 2.24) is 15.5 Å². The SMILES string of the molecule is CCCCNC(=O)C(C)NCC1CN(C)CCO1. The molecule has 0 spiro atoms. The molecule has 1 rings (SSSR count). The molecule has 5 heteroatoms. The predicted octanol–water partition coefficient (Wildman–Crippen LogP) is 0.211. The Labute approximate surface area is 110 Å². The van der Waals surface area contributed by atoms with Crippen LogP contribution in [0.2, 0.25) is 0 Å². The number of nitrogens with one attached hydrogen (secondary N) is 2. The first-order chi connectivity index (χ1) is 8.63. The van der Waals surface area contributed by atoms with E-state index in [1.807, 2.05) is 6.92 Å². The lowest BCUT2D eigenvalue weighted by Crippen LogP contribution is -2.49. The summed E-state index contributed by atoms with van der Waals surface area (Å²) in [5, 5.41) is 6.16. The van der Waals surface area contributed by atoms with E-state index in [1.165, 1.54) is 0 Å². The van der Waals surface area contributed by atoms with E-state index in [-0.39, 0.29) is 18.1 Å². The summed E-state index contributed by atoms with van der Waals surface area (Å²) in [6, 6.07) is -0.155. The first-order valence-corrected chi connectivity index (χ1v) is 6.94. The normalized spacial score (nSPS) is 22.7. The van der Waals surface area contributed by atoms with E-state index in [4.69, 9.17) is 4.74 Å². The molecular formula is C13H27N3O2. The Bertz CT molecular complexity index is 248. The lowest BCUT2D eigenvalue weighted by Gasteiger charge is -2.30. The Morgan fingerprint density at radius 3 is 3.00 bits per heavy atom. The number of morpholine rings is 1. The molecule has 0 aromatic rings. The molecule has 1 amide bonds. The van der Waals surface area contributed by atoms with E-state index in [0.717, 1.165) is 45.6 Å². The maximum absolute atomic E-state index is 11.7. The maximum Gasteiger partial charge on any atom is 0.236 e. The van der Waals surface area contributed by atoms with Crippen molar-refractivity contribution in [1.29, 1.82) is 0 Å². The summed E-state index contributed by atoms with van der Waals surface area (Å²) in [5.74, 6) is 0.0765. The number of ether oxygens (including phenoxy) is 1. The fraction of sp³-hybridized carbons (Fsp3) is 0.923. The van der Waals surface area contributed by atoms with Crippen molar-refractivity contribution in [3.05, 3.63) is 0 Å². The van der Waals surface area contributed by atoms with Gasteiger partial charge in [-0.15, -0.1) is 0 Å². The quantitative estimate of drug-likeness (QED) is 0.640. The number of hydrogen-bond acceptors (Lipinski definition) is 4. The van der Waals surface area contributed by atoms with Crippen LogP contribution < -0.4 is 10.6 Å². The highest BCUT2D eigenvalue weighted by atomic mass is 16.5. The molecule has 0 aromatic heterocycles. The zero-order valence-corrected chi connectivity index (χ0v) is 11.9. The molecule has 0 radical (unpaired) electrons. The van der Waals surface area contributed by atoms with Crippen LogP contribution in [0, 0.1) is 0 Å². The van der Waals surface area contributed by atoms with Crippen LogP contribution in [0.15, 0.2) is 0 Å². The lowest BCUT2D eigenvalue weighted by molar-refractivity contribution is -0.123. The van der Waals surface area contributed by atoms with Crippen molar-refractivity contribution in [3.63, 3.8) is 0 Å². The molecule has 2 N–H and O–H groups in total. The zero-order valence-electron chi connectivity index (χ0n) is 11.9. The molecular weight excluding hydrogens is 230 g/mol.